The van der Waals surface area contributed by atoms with Crippen LogP contribution in [-0.2, 0) is 4.74 Å². The quantitative estimate of drug-likeness (QED) is 0.192. The average Bonchev–Trinajstić information content (AvgIpc) is 3.10. The van der Waals surface area contributed by atoms with Gasteiger partial charge in [-0.15, -0.1) is 11.8 Å². The zero-order valence-electron chi connectivity index (χ0n) is 23.1. The Morgan fingerprint density at radius 2 is 1.44 bits per heavy atom. The second kappa shape index (κ2) is 24.5. The highest BCUT2D eigenvalue weighted by Gasteiger charge is 1.99. The molecule has 0 atom stereocenters. The molecule has 0 spiro atoms. The molecule has 0 heterocycles. The van der Waals surface area contributed by atoms with Crippen LogP contribution in [0.3, 0.4) is 0 Å². The molecule has 0 unspecified atom stereocenters. The number of thioether (sulfide) groups is 1. The van der Waals surface area contributed by atoms with Crippen molar-refractivity contribution in [3.63, 3.8) is 0 Å². The third-order valence-electron chi connectivity index (χ3n) is 5.00. The number of hydrogen-bond acceptors (Lipinski definition) is 2. The lowest BCUT2D eigenvalue weighted by Crippen LogP contribution is -1.92. The van der Waals surface area contributed by atoms with Crippen LogP contribution in [0.25, 0.3) is 6.08 Å². The first-order chi connectivity index (χ1) is 16.7. The first-order valence-electron chi connectivity index (χ1n) is 13.8. The summed E-state index contributed by atoms with van der Waals surface area (Å²) < 4.78 is 5.85. The largest absolute Gasteiger partial charge is 0.494 e. The molecule has 0 saturated carbocycles. The fourth-order valence-corrected chi connectivity index (χ4v) is 4.07. The third-order valence-corrected chi connectivity index (χ3v) is 6.10. The zero-order valence-corrected chi connectivity index (χ0v) is 23.9. The number of allylic oxidation sites excluding steroid dienone is 6. The summed E-state index contributed by atoms with van der Waals surface area (Å²) in [5.41, 5.74) is 2.56. The van der Waals surface area contributed by atoms with Crippen LogP contribution in [0.15, 0.2) is 70.9 Å². The molecule has 0 saturated heterocycles. The lowest BCUT2D eigenvalue weighted by molar-refractivity contribution is 0.217. The van der Waals surface area contributed by atoms with Gasteiger partial charge in [0.25, 0.3) is 0 Å². The van der Waals surface area contributed by atoms with Crippen molar-refractivity contribution in [1.29, 1.82) is 0 Å². The molecule has 0 aliphatic heterocycles. The summed E-state index contributed by atoms with van der Waals surface area (Å²) in [5, 5.41) is 0. The van der Waals surface area contributed by atoms with Gasteiger partial charge in [0, 0.05) is 4.90 Å². The lowest BCUT2D eigenvalue weighted by Gasteiger charge is -2.04. The molecule has 34 heavy (non-hydrogen) atoms. The van der Waals surface area contributed by atoms with Crippen LogP contribution in [0.4, 0.5) is 0 Å². The van der Waals surface area contributed by atoms with Crippen LogP contribution >= 0.6 is 11.8 Å². The summed E-state index contributed by atoms with van der Waals surface area (Å²) in [4.78, 5) is 1.38. The molecular weight excluding hydrogens is 432 g/mol. The van der Waals surface area contributed by atoms with Crippen molar-refractivity contribution in [1.82, 2.24) is 0 Å². The number of ether oxygens (including phenoxy) is 1. The van der Waals surface area contributed by atoms with Crippen molar-refractivity contribution in [2.45, 2.75) is 111 Å². The molecule has 1 nitrogen and oxygen atoms in total. The first kappa shape index (κ1) is 32.3. The summed E-state index contributed by atoms with van der Waals surface area (Å²) in [7, 11) is 0. The van der Waals surface area contributed by atoms with Crippen molar-refractivity contribution >= 4 is 17.8 Å². The van der Waals surface area contributed by atoms with Gasteiger partial charge in [0.15, 0.2) is 0 Å². The molecule has 0 radical (unpaired) electrons. The van der Waals surface area contributed by atoms with Crippen LogP contribution in [0.2, 0.25) is 0 Å². The van der Waals surface area contributed by atoms with Crippen LogP contribution < -0.4 is 0 Å². The van der Waals surface area contributed by atoms with Gasteiger partial charge in [0.1, 0.15) is 5.76 Å². The lowest BCUT2D eigenvalue weighted by atomic mass is 10.1. The van der Waals surface area contributed by atoms with Crippen molar-refractivity contribution in [3.05, 3.63) is 71.5 Å². The minimum atomic E-state index is 0.812. The highest BCUT2D eigenvalue weighted by atomic mass is 32.2. The van der Waals surface area contributed by atoms with Gasteiger partial charge in [-0.2, -0.15) is 0 Å². The van der Waals surface area contributed by atoms with Gasteiger partial charge >= 0.3 is 0 Å². The van der Waals surface area contributed by atoms with Crippen molar-refractivity contribution in [2.24, 2.45) is 0 Å². The van der Waals surface area contributed by atoms with E-state index >= 15 is 0 Å². The Hall–Kier alpha value is -1.67. The molecule has 2 heteroatoms. The minimum Gasteiger partial charge on any atom is -0.494 e. The molecule has 0 fully saturated rings. The van der Waals surface area contributed by atoms with E-state index in [1.165, 1.54) is 73.2 Å². The van der Waals surface area contributed by atoms with E-state index in [-0.39, 0.29) is 0 Å². The van der Waals surface area contributed by atoms with E-state index in [0.717, 1.165) is 25.2 Å². The van der Waals surface area contributed by atoms with E-state index in [0.29, 0.717) is 0 Å². The molecule has 0 N–H and O–H groups in total. The molecule has 1 aromatic rings. The molecular formula is C32H52OS. The Bertz CT molecular complexity index is 694. The summed E-state index contributed by atoms with van der Waals surface area (Å²) in [6.45, 7) is 13.5. The van der Waals surface area contributed by atoms with E-state index in [1.54, 1.807) is 0 Å². The van der Waals surface area contributed by atoms with E-state index < -0.39 is 0 Å². The normalized spacial score (nSPS) is 12.6. The standard InChI is InChI=1S/C27H38OS.C3H8.C2H6/c1-3-5-7-8-10-23-29-27-20-17-25(18-21-27)15-14-24-12-11-13-26(19-16-24)28-22-9-6-4-2;1-3-2;1-2/h11,13-21H,3-10,12,22-23H2,1-2H3;3H2,1-2H3;1-2H3/b15-14+;;. The maximum Gasteiger partial charge on any atom is 0.118 e. The second-order valence-electron chi connectivity index (χ2n) is 8.34. The summed E-state index contributed by atoms with van der Waals surface area (Å²) in [5.74, 6) is 2.20. The fraction of sp³-hybridized carbons (Fsp3) is 0.562. The van der Waals surface area contributed by atoms with Gasteiger partial charge in [-0.25, -0.2) is 0 Å². The predicted octanol–water partition coefficient (Wildman–Crippen LogP) is 11.2. The Morgan fingerprint density at radius 1 is 0.794 bits per heavy atom. The predicted molar refractivity (Wildman–Crippen MR) is 158 cm³/mol. The van der Waals surface area contributed by atoms with Crippen molar-refractivity contribution in [2.75, 3.05) is 12.4 Å². The summed E-state index contributed by atoms with van der Waals surface area (Å²) in [6.07, 6.45) is 25.5. The smallest absolute Gasteiger partial charge is 0.118 e. The molecule has 1 aliphatic rings. The Morgan fingerprint density at radius 3 is 2.12 bits per heavy atom. The Balaban J connectivity index is 0.00000201. The fourth-order valence-electron chi connectivity index (χ4n) is 3.16. The van der Waals surface area contributed by atoms with E-state index in [2.05, 4.69) is 88.4 Å². The van der Waals surface area contributed by atoms with Gasteiger partial charge in [0.2, 0.25) is 0 Å². The monoisotopic (exact) mass is 484 g/mol. The van der Waals surface area contributed by atoms with Crippen LogP contribution in [0.5, 0.6) is 0 Å². The maximum absolute atomic E-state index is 5.85. The average molecular weight is 485 g/mol. The van der Waals surface area contributed by atoms with E-state index in [4.69, 9.17) is 4.74 Å². The maximum atomic E-state index is 5.85. The number of hydrogen-bond donors (Lipinski definition) is 0. The summed E-state index contributed by atoms with van der Waals surface area (Å²) in [6, 6.07) is 8.95. The van der Waals surface area contributed by atoms with E-state index in [1.807, 2.05) is 25.6 Å². The molecule has 2 rings (SSSR count). The third kappa shape index (κ3) is 17.8. The van der Waals surface area contributed by atoms with Gasteiger partial charge < -0.3 is 4.74 Å². The zero-order chi connectivity index (χ0) is 25.3. The topological polar surface area (TPSA) is 9.23 Å². The van der Waals surface area contributed by atoms with Gasteiger partial charge in [-0.3, -0.25) is 0 Å². The van der Waals surface area contributed by atoms with Crippen molar-refractivity contribution in [3.8, 4) is 0 Å². The second-order valence-corrected chi connectivity index (χ2v) is 9.51. The van der Waals surface area contributed by atoms with Crippen LogP contribution in [-0.4, -0.2) is 12.4 Å². The van der Waals surface area contributed by atoms with Gasteiger partial charge in [-0.1, -0.05) is 123 Å². The van der Waals surface area contributed by atoms with Crippen LogP contribution in [0, 0.1) is 0 Å². The SMILES string of the molecule is CC.CCC.CCCCCCCSc1ccc(/C=C/C2=CC=C(OCCCCC)C=CC2)cc1. The number of unbranched alkanes of at least 4 members (excludes halogenated alkanes) is 6. The minimum absolute atomic E-state index is 0.812. The number of benzene rings is 1. The van der Waals surface area contributed by atoms with E-state index in [9.17, 15) is 0 Å². The van der Waals surface area contributed by atoms with Gasteiger partial charge in [0.05, 0.1) is 6.61 Å². The Kier molecular flexibility index (Phi) is 23.3. The molecule has 0 amide bonds. The first-order valence-corrected chi connectivity index (χ1v) is 14.8. The molecule has 1 aliphatic carbocycles. The Labute approximate surface area is 216 Å². The molecule has 1 aromatic carbocycles. The summed E-state index contributed by atoms with van der Waals surface area (Å²) >= 11 is 1.98. The molecule has 192 valence electrons. The van der Waals surface area contributed by atoms with Gasteiger partial charge in [-0.05, 0) is 60.4 Å². The highest BCUT2D eigenvalue weighted by Crippen LogP contribution is 2.22. The highest BCUT2D eigenvalue weighted by molar-refractivity contribution is 7.99. The number of rotatable bonds is 14. The molecule has 0 aromatic heterocycles. The molecule has 0 bridgehead atoms. The van der Waals surface area contributed by atoms with Crippen LogP contribution in [0.1, 0.15) is 111 Å². The van der Waals surface area contributed by atoms with Crippen molar-refractivity contribution < 1.29 is 4.74 Å².